The van der Waals surface area contributed by atoms with Crippen molar-refractivity contribution in [2.45, 2.75) is 6.92 Å². The number of halogens is 2. The molecule has 0 spiro atoms. The van der Waals surface area contributed by atoms with Crippen LogP contribution in [0.5, 0.6) is 5.06 Å². The molecule has 2 aromatic rings. The zero-order chi connectivity index (χ0) is 11.7. The average Bonchev–Trinajstić information content (AvgIpc) is 2.63. The molecule has 0 aliphatic rings. The molecule has 0 radical (unpaired) electrons. The molecule has 0 aliphatic carbocycles. The Morgan fingerprint density at radius 1 is 1.31 bits per heavy atom. The first-order valence-corrected chi connectivity index (χ1v) is 5.40. The van der Waals surface area contributed by atoms with Crippen molar-refractivity contribution in [2.24, 2.45) is 0 Å². The third kappa shape index (κ3) is 1.90. The molecule has 0 amide bonds. The summed E-state index contributed by atoms with van der Waals surface area (Å²) in [4.78, 5) is 4.14. The molecule has 0 fully saturated rings. The lowest BCUT2D eigenvalue weighted by Crippen LogP contribution is -1.85. The van der Waals surface area contributed by atoms with Gasteiger partial charge in [-0.25, -0.2) is 13.8 Å². The first-order chi connectivity index (χ1) is 7.61. The number of thiazole rings is 1. The van der Waals surface area contributed by atoms with E-state index in [1.165, 1.54) is 18.4 Å². The standard InChI is InChI=1S/C11H9F2NOS/c1-6-11(15-2)16-10(14-6)8-5-7(12)3-4-9(8)13/h3-5H,1-2H3. The molecule has 84 valence electrons. The zero-order valence-electron chi connectivity index (χ0n) is 8.75. The Morgan fingerprint density at radius 2 is 2.06 bits per heavy atom. The van der Waals surface area contributed by atoms with E-state index in [0.29, 0.717) is 15.8 Å². The fraction of sp³-hybridized carbons (Fsp3) is 0.182. The molecule has 2 nitrogen and oxygen atoms in total. The van der Waals surface area contributed by atoms with Gasteiger partial charge in [-0.2, -0.15) is 0 Å². The summed E-state index contributed by atoms with van der Waals surface area (Å²) < 4.78 is 31.5. The van der Waals surface area contributed by atoms with Gasteiger partial charge in [0.2, 0.25) is 0 Å². The van der Waals surface area contributed by atoms with Crippen molar-refractivity contribution in [3.8, 4) is 15.6 Å². The van der Waals surface area contributed by atoms with Crippen LogP contribution in [0, 0.1) is 18.6 Å². The predicted molar refractivity (Wildman–Crippen MR) is 58.8 cm³/mol. The van der Waals surface area contributed by atoms with Gasteiger partial charge >= 0.3 is 0 Å². The number of aryl methyl sites for hydroxylation is 1. The van der Waals surface area contributed by atoms with E-state index in [1.54, 1.807) is 6.92 Å². The van der Waals surface area contributed by atoms with Crippen LogP contribution in [-0.4, -0.2) is 12.1 Å². The van der Waals surface area contributed by atoms with Crippen molar-refractivity contribution in [3.63, 3.8) is 0 Å². The quantitative estimate of drug-likeness (QED) is 0.803. The molecular formula is C11H9F2NOS. The van der Waals surface area contributed by atoms with E-state index in [-0.39, 0.29) is 5.56 Å². The molecule has 5 heteroatoms. The third-order valence-electron chi connectivity index (χ3n) is 2.10. The average molecular weight is 241 g/mol. The van der Waals surface area contributed by atoms with Gasteiger partial charge in [0.05, 0.1) is 12.8 Å². The normalized spacial score (nSPS) is 10.5. The van der Waals surface area contributed by atoms with Crippen LogP contribution in [0.1, 0.15) is 5.69 Å². The molecule has 1 aromatic carbocycles. The Balaban J connectivity index is 2.53. The largest absolute Gasteiger partial charge is 0.486 e. The van der Waals surface area contributed by atoms with Crippen LogP contribution in [0.25, 0.3) is 10.6 Å². The summed E-state index contributed by atoms with van der Waals surface area (Å²) in [6, 6.07) is 3.30. The van der Waals surface area contributed by atoms with Crippen LogP contribution in [0.15, 0.2) is 18.2 Å². The van der Waals surface area contributed by atoms with Crippen molar-refractivity contribution in [1.29, 1.82) is 0 Å². The fourth-order valence-electron chi connectivity index (χ4n) is 1.35. The van der Waals surface area contributed by atoms with Crippen molar-refractivity contribution in [1.82, 2.24) is 4.98 Å². The molecule has 0 N–H and O–H groups in total. The fourth-order valence-corrected chi connectivity index (χ4v) is 2.25. The number of rotatable bonds is 2. The summed E-state index contributed by atoms with van der Waals surface area (Å²) in [5, 5.41) is 1.03. The lowest BCUT2D eigenvalue weighted by molar-refractivity contribution is 0.423. The number of hydrogen-bond donors (Lipinski definition) is 0. The van der Waals surface area contributed by atoms with Gasteiger partial charge in [-0.15, -0.1) is 0 Å². The minimum Gasteiger partial charge on any atom is -0.486 e. The van der Waals surface area contributed by atoms with Gasteiger partial charge in [-0.05, 0) is 25.1 Å². The van der Waals surface area contributed by atoms with E-state index in [4.69, 9.17) is 4.74 Å². The Kier molecular flexibility index (Phi) is 2.87. The van der Waals surface area contributed by atoms with E-state index in [1.807, 2.05) is 0 Å². The Hall–Kier alpha value is -1.49. The molecule has 0 bridgehead atoms. The Bertz CT molecular complexity index is 525. The van der Waals surface area contributed by atoms with Gasteiger partial charge < -0.3 is 4.74 Å². The number of benzene rings is 1. The van der Waals surface area contributed by atoms with Gasteiger partial charge in [0.1, 0.15) is 16.6 Å². The summed E-state index contributed by atoms with van der Waals surface area (Å²) in [7, 11) is 1.52. The highest BCUT2D eigenvalue weighted by molar-refractivity contribution is 7.17. The maximum absolute atomic E-state index is 13.5. The highest BCUT2D eigenvalue weighted by Crippen LogP contribution is 2.34. The minimum atomic E-state index is -0.488. The summed E-state index contributed by atoms with van der Waals surface area (Å²) in [5.41, 5.74) is 0.836. The summed E-state index contributed by atoms with van der Waals surface area (Å²) in [6.45, 7) is 1.76. The molecule has 1 heterocycles. The molecule has 1 aromatic heterocycles. The first kappa shape index (κ1) is 11.0. The van der Waals surface area contributed by atoms with Gasteiger partial charge in [0.25, 0.3) is 0 Å². The summed E-state index contributed by atoms with van der Waals surface area (Å²) in [5.74, 6) is -0.971. The van der Waals surface area contributed by atoms with Crippen LogP contribution >= 0.6 is 11.3 Å². The van der Waals surface area contributed by atoms with Gasteiger partial charge in [0.15, 0.2) is 5.06 Å². The van der Waals surface area contributed by atoms with E-state index < -0.39 is 11.6 Å². The monoisotopic (exact) mass is 241 g/mol. The van der Waals surface area contributed by atoms with Crippen LogP contribution in [0.4, 0.5) is 8.78 Å². The number of methoxy groups -OCH3 is 1. The second-order valence-corrected chi connectivity index (χ2v) is 4.18. The highest BCUT2D eigenvalue weighted by Gasteiger charge is 2.13. The van der Waals surface area contributed by atoms with Crippen LogP contribution < -0.4 is 4.74 Å². The third-order valence-corrected chi connectivity index (χ3v) is 3.25. The molecule has 0 saturated carbocycles. The van der Waals surface area contributed by atoms with E-state index in [9.17, 15) is 8.78 Å². The topological polar surface area (TPSA) is 22.1 Å². The molecule has 0 unspecified atom stereocenters. The van der Waals surface area contributed by atoms with Crippen LogP contribution in [0.3, 0.4) is 0 Å². The lowest BCUT2D eigenvalue weighted by Gasteiger charge is -1.98. The molecule has 16 heavy (non-hydrogen) atoms. The number of nitrogens with zero attached hydrogens (tertiary/aromatic N) is 1. The highest BCUT2D eigenvalue weighted by atomic mass is 32.1. The maximum Gasteiger partial charge on any atom is 0.197 e. The summed E-state index contributed by atoms with van der Waals surface area (Å²) in [6.07, 6.45) is 0. The summed E-state index contributed by atoms with van der Waals surface area (Å²) >= 11 is 1.20. The second-order valence-electron chi connectivity index (χ2n) is 3.22. The number of ether oxygens (including phenoxy) is 1. The van der Waals surface area contributed by atoms with Gasteiger partial charge in [-0.3, -0.25) is 0 Å². The zero-order valence-corrected chi connectivity index (χ0v) is 9.57. The molecule has 2 rings (SSSR count). The minimum absolute atomic E-state index is 0.163. The van der Waals surface area contributed by atoms with Gasteiger partial charge in [-0.1, -0.05) is 11.3 Å². The first-order valence-electron chi connectivity index (χ1n) is 4.58. The molecule has 0 saturated heterocycles. The van der Waals surface area contributed by atoms with Crippen molar-refractivity contribution >= 4 is 11.3 Å². The van der Waals surface area contributed by atoms with Crippen molar-refractivity contribution in [2.75, 3.05) is 7.11 Å². The lowest BCUT2D eigenvalue weighted by atomic mass is 10.2. The van der Waals surface area contributed by atoms with E-state index in [2.05, 4.69) is 4.98 Å². The van der Waals surface area contributed by atoms with Crippen molar-refractivity contribution in [3.05, 3.63) is 35.5 Å². The number of aromatic nitrogens is 1. The predicted octanol–water partition coefficient (Wildman–Crippen LogP) is 3.41. The maximum atomic E-state index is 13.5. The Morgan fingerprint density at radius 3 is 2.69 bits per heavy atom. The van der Waals surface area contributed by atoms with Crippen LogP contribution in [-0.2, 0) is 0 Å². The van der Waals surface area contributed by atoms with E-state index in [0.717, 1.165) is 18.2 Å². The smallest absolute Gasteiger partial charge is 0.197 e. The molecular weight excluding hydrogens is 232 g/mol. The van der Waals surface area contributed by atoms with Crippen molar-refractivity contribution < 1.29 is 13.5 Å². The Labute approximate surface area is 95.5 Å². The molecule has 0 atom stereocenters. The SMILES string of the molecule is COc1sc(-c2cc(F)ccc2F)nc1C. The number of hydrogen-bond acceptors (Lipinski definition) is 3. The second kappa shape index (κ2) is 4.17. The van der Waals surface area contributed by atoms with E-state index >= 15 is 0 Å². The molecule has 0 aliphatic heterocycles. The van der Waals surface area contributed by atoms with Crippen LogP contribution in [0.2, 0.25) is 0 Å². The van der Waals surface area contributed by atoms with Gasteiger partial charge in [0, 0.05) is 5.56 Å².